The van der Waals surface area contributed by atoms with Crippen LogP contribution in [0.15, 0.2) is 103 Å². The van der Waals surface area contributed by atoms with Crippen molar-refractivity contribution >= 4 is 17.4 Å². The van der Waals surface area contributed by atoms with Gasteiger partial charge in [0.25, 0.3) is 11.7 Å². The van der Waals surface area contributed by atoms with Crippen molar-refractivity contribution in [1.29, 1.82) is 0 Å². The van der Waals surface area contributed by atoms with Crippen molar-refractivity contribution in [2.45, 2.75) is 45.9 Å². The smallest absolute Gasteiger partial charge is 0.295 e. The number of unbranched alkanes of at least 4 members (excludes halogenated alkanes) is 1. The lowest BCUT2D eigenvalue weighted by atomic mass is 9.95. The van der Waals surface area contributed by atoms with Crippen LogP contribution in [0.1, 0.15) is 53.6 Å². The number of carbonyl (C=O) groups excluding carboxylic acids is 2. The van der Waals surface area contributed by atoms with Crippen molar-refractivity contribution in [2.24, 2.45) is 0 Å². The molecule has 1 aromatic heterocycles. The number of hydrogen-bond acceptors (Lipinski definition) is 6. The van der Waals surface area contributed by atoms with Crippen LogP contribution < -0.4 is 9.47 Å². The van der Waals surface area contributed by atoms with Gasteiger partial charge in [-0.25, -0.2) is 0 Å². The van der Waals surface area contributed by atoms with E-state index in [2.05, 4.69) is 11.9 Å². The predicted molar refractivity (Wildman–Crippen MR) is 161 cm³/mol. The number of pyridine rings is 1. The summed E-state index contributed by atoms with van der Waals surface area (Å²) in [6.45, 7) is 5.33. The predicted octanol–water partition coefficient (Wildman–Crippen LogP) is 6.77. The number of aromatic nitrogens is 1. The molecule has 0 saturated carbocycles. The first-order valence-corrected chi connectivity index (χ1v) is 14.1. The van der Waals surface area contributed by atoms with Gasteiger partial charge in [-0.05, 0) is 78.1 Å². The van der Waals surface area contributed by atoms with Crippen molar-refractivity contribution in [3.05, 3.63) is 131 Å². The number of aliphatic hydroxyl groups excluding tert-OH is 1. The Bertz CT molecular complexity index is 1560. The molecule has 7 nitrogen and oxygen atoms in total. The summed E-state index contributed by atoms with van der Waals surface area (Å²) in [5, 5.41) is 11.5. The van der Waals surface area contributed by atoms with Crippen LogP contribution in [-0.4, -0.2) is 33.3 Å². The number of nitrogens with zero attached hydrogens (tertiary/aromatic N) is 2. The Kier molecular flexibility index (Phi) is 8.97. The molecule has 1 fully saturated rings. The normalized spacial score (nSPS) is 16.0. The van der Waals surface area contributed by atoms with Crippen LogP contribution in [0.3, 0.4) is 0 Å². The third kappa shape index (κ3) is 6.36. The number of aryl methyl sites for hydroxylation is 1. The molecule has 1 atom stereocenters. The molecule has 2 heterocycles. The van der Waals surface area contributed by atoms with E-state index in [1.54, 1.807) is 42.7 Å². The van der Waals surface area contributed by atoms with Crippen LogP contribution in [0.5, 0.6) is 11.5 Å². The summed E-state index contributed by atoms with van der Waals surface area (Å²) in [5.74, 6) is -0.308. The van der Waals surface area contributed by atoms with Crippen molar-refractivity contribution < 1.29 is 24.2 Å². The first-order valence-electron chi connectivity index (χ1n) is 14.1. The van der Waals surface area contributed by atoms with E-state index in [9.17, 15) is 14.7 Å². The van der Waals surface area contributed by atoms with E-state index in [4.69, 9.17) is 9.47 Å². The first kappa shape index (κ1) is 28.6. The molecule has 1 aliphatic heterocycles. The third-order valence-corrected chi connectivity index (χ3v) is 7.36. The van der Waals surface area contributed by atoms with Crippen LogP contribution in [0.2, 0.25) is 0 Å². The number of hydrogen-bond donors (Lipinski definition) is 1. The molecular formula is C35H34N2O5. The van der Waals surface area contributed by atoms with Crippen LogP contribution in [0, 0.1) is 6.92 Å². The molecule has 4 aromatic rings. The average Bonchev–Trinajstić information content (AvgIpc) is 3.26. The summed E-state index contributed by atoms with van der Waals surface area (Å²) < 4.78 is 11.8. The zero-order valence-corrected chi connectivity index (χ0v) is 23.8. The molecule has 214 valence electrons. The molecule has 1 aliphatic rings. The molecule has 0 bridgehead atoms. The van der Waals surface area contributed by atoms with Gasteiger partial charge >= 0.3 is 0 Å². The maximum atomic E-state index is 13.4. The van der Waals surface area contributed by atoms with Gasteiger partial charge in [-0.2, -0.15) is 0 Å². The standard InChI is InChI=1S/C35H34N2O5/c1-3-4-20-41-29-15-11-26(12-16-29)32-31(34(39)35(40)37(32)22-25-9-7-19-36-21-25)33(38)27-13-17-30(18-14-27)42-23-28-10-6-5-8-24(28)2/h5-19,21,32,38H,3-4,20,22-23H2,1-2H3/b33-31+. The lowest BCUT2D eigenvalue weighted by Gasteiger charge is -2.25. The van der Waals surface area contributed by atoms with Crippen LogP contribution >= 0.6 is 0 Å². The van der Waals surface area contributed by atoms with E-state index in [1.807, 2.05) is 61.5 Å². The largest absolute Gasteiger partial charge is 0.507 e. The van der Waals surface area contributed by atoms with Crippen LogP contribution in [-0.2, 0) is 22.7 Å². The highest BCUT2D eigenvalue weighted by Gasteiger charge is 2.46. The fourth-order valence-corrected chi connectivity index (χ4v) is 4.96. The number of ketones is 1. The van der Waals surface area contributed by atoms with Gasteiger partial charge in [0.15, 0.2) is 0 Å². The molecule has 0 aliphatic carbocycles. The van der Waals surface area contributed by atoms with E-state index >= 15 is 0 Å². The number of ether oxygens (including phenoxy) is 2. The molecule has 1 amide bonds. The van der Waals surface area contributed by atoms with Gasteiger partial charge in [0, 0.05) is 24.5 Å². The topological polar surface area (TPSA) is 89.0 Å². The SMILES string of the molecule is CCCCOc1ccc(C2/C(=C(\O)c3ccc(OCc4ccccc4C)cc3)C(=O)C(=O)N2Cc2cccnc2)cc1. The number of carbonyl (C=O) groups is 2. The Morgan fingerprint density at radius 2 is 1.62 bits per heavy atom. The zero-order valence-electron chi connectivity index (χ0n) is 23.8. The van der Waals surface area contributed by atoms with E-state index in [-0.39, 0.29) is 17.9 Å². The number of rotatable bonds is 11. The first-order chi connectivity index (χ1) is 20.5. The highest BCUT2D eigenvalue weighted by Crippen LogP contribution is 2.41. The van der Waals surface area contributed by atoms with Crippen molar-refractivity contribution in [2.75, 3.05) is 6.61 Å². The van der Waals surface area contributed by atoms with E-state index < -0.39 is 17.7 Å². The number of aliphatic hydroxyl groups is 1. The van der Waals surface area contributed by atoms with Crippen molar-refractivity contribution in [1.82, 2.24) is 9.88 Å². The number of amides is 1. The molecule has 7 heteroatoms. The monoisotopic (exact) mass is 562 g/mol. The lowest BCUT2D eigenvalue weighted by Crippen LogP contribution is -2.29. The molecule has 3 aromatic carbocycles. The van der Waals surface area contributed by atoms with E-state index in [1.165, 1.54) is 4.90 Å². The minimum atomic E-state index is -0.785. The lowest BCUT2D eigenvalue weighted by molar-refractivity contribution is -0.140. The fraction of sp³-hybridized carbons (Fsp3) is 0.229. The number of likely N-dealkylation sites (tertiary alicyclic amines) is 1. The number of benzene rings is 3. The highest BCUT2D eigenvalue weighted by atomic mass is 16.5. The van der Waals surface area contributed by atoms with Crippen molar-refractivity contribution in [3.8, 4) is 11.5 Å². The molecule has 42 heavy (non-hydrogen) atoms. The Hall–Kier alpha value is -4.91. The summed E-state index contributed by atoms with van der Waals surface area (Å²) in [6.07, 6.45) is 5.29. The van der Waals surface area contributed by atoms with Gasteiger partial charge in [0.2, 0.25) is 0 Å². The van der Waals surface area contributed by atoms with Gasteiger partial charge in [-0.15, -0.1) is 0 Å². The molecule has 5 rings (SSSR count). The average molecular weight is 563 g/mol. The quantitative estimate of drug-likeness (QED) is 0.0939. The minimum Gasteiger partial charge on any atom is -0.507 e. The summed E-state index contributed by atoms with van der Waals surface area (Å²) in [5.41, 5.74) is 4.15. The Morgan fingerprint density at radius 1 is 0.905 bits per heavy atom. The second kappa shape index (κ2) is 13.2. The van der Waals surface area contributed by atoms with Crippen LogP contribution in [0.25, 0.3) is 5.76 Å². The molecule has 1 N–H and O–H groups in total. The van der Waals surface area contributed by atoms with E-state index in [0.717, 1.165) is 29.5 Å². The second-order valence-corrected chi connectivity index (χ2v) is 10.3. The number of Topliss-reactive ketones (excluding diaryl/α,β-unsaturated/α-hetero) is 1. The molecule has 0 radical (unpaired) electrons. The maximum Gasteiger partial charge on any atom is 0.295 e. The molecule has 0 spiro atoms. The zero-order chi connectivity index (χ0) is 29.5. The fourth-order valence-electron chi connectivity index (χ4n) is 4.96. The molecular weight excluding hydrogens is 528 g/mol. The molecule has 1 saturated heterocycles. The van der Waals surface area contributed by atoms with Crippen LogP contribution in [0.4, 0.5) is 0 Å². The van der Waals surface area contributed by atoms with Gasteiger partial charge < -0.3 is 19.5 Å². The Balaban J connectivity index is 1.45. The van der Waals surface area contributed by atoms with Crippen molar-refractivity contribution in [3.63, 3.8) is 0 Å². The highest BCUT2D eigenvalue weighted by molar-refractivity contribution is 6.46. The summed E-state index contributed by atoms with van der Waals surface area (Å²) in [7, 11) is 0. The van der Waals surface area contributed by atoms with Gasteiger partial charge in [-0.3, -0.25) is 14.6 Å². The Morgan fingerprint density at radius 3 is 2.31 bits per heavy atom. The third-order valence-electron chi connectivity index (χ3n) is 7.36. The summed E-state index contributed by atoms with van der Waals surface area (Å²) >= 11 is 0. The van der Waals surface area contributed by atoms with E-state index in [0.29, 0.717) is 35.8 Å². The van der Waals surface area contributed by atoms with Gasteiger partial charge in [0.1, 0.15) is 23.9 Å². The Labute approximate surface area is 246 Å². The van der Waals surface area contributed by atoms with Gasteiger partial charge in [0.05, 0.1) is 18.2 Å². The van der Waals surface area contributed by atoms with Gasteiger partial charge in [-0.1, -0.05) is 55.8 Å². The minimum absolute atomic E-state index is 0.0390. The summed E-state index contributed by atoms with van der Waals surface area (Å²) in [6, 6.07) is 25.1. The maximum absolute atomic E-state index is 13.4. The summed E-state index contributed by atoms with van der Waals surface area (Å²) in [4.78, 5) is 32.4. The second-order valence-electron chi connectivity index (χ2n) is 10.3. The molecule has 1 unspecified atom stereocenters.